The maximum atomic E-state index is 12.8. The number of aryl methyl sites for hydroxylation is 1. The van der Waals surface area contributed by atoms with Crippen LogP contribution in [0, 0.1) is 6.92 Å². The molecule has 0 saturated heterocycles. The van der Waals surface area contributed by atoms with Crippen molar-refractivity contribution in [3.8, 4) is 22.8 Å². The summed E-state index contributed by atoms with van der Waals surface area (Å²) in [6, 6.07) is 17.8. The van der Waals surface area contributed by atoms with E-state index in [1.165, 1.54) is 5.56 Å². The molecule has 1 N–H and O–H groups in total. The number of rotatable bonds is 6. The summed E-state index contributed by atoms with van der Waals surface area (Å²) < 4.78 is 1.97. The summed E-state index contributed by atoms with van der Waals surface area (Å²) >= 11 is 0. The molecule has 6 heteroatoms. The SMILES string of the molecule is Cc1cccc(-c2ccc(C(=O)Cc3cccc(-c4nncn4C(C)C)n3)[nH]2)c1. The molecule has 146 valence electrons. The van der Waals surface area contributed by atoms with Crippen LogP contribution in [0.4, 0.5) is 0 Å². The van der Waals surface area contributed by atoms with Crippen molar-refractivity contribution in [1.82, 2.24) is 24.7 Å². The molecule has 0 amide bonds. The lowest BCUT2D eigenvalue weighted by atomic mass is 10.1. The molecule has 3 aromatic heterocycles. The van der Waals surface area contributed by atoms with E-state index >= 15 is 0 Å². The number of nitrogens with one attached hydrogen (secondary N) is 1. The van der Waals surface area contributed by atoms with Gasteiger partial charge in [-0.25, -0.2) is 4.98 Å². The molecule has 0 spiro atoms. The number of Topliss-reactive ketones (excluding diaryl/α,β-unsaturated/α-hetero) is 1. The molecular formula is C23H23N5O. The van der Waals surface area contributed by atoms with Crippen molar-refractivity contribution in [2.24, 2.45) is 0 Å². The first-order valence-electron chi connectivity index (χ1n) is 9.66. The number of nitrogens with zero attached hydrogens (tertiary/aromatic N) is 4. The molecule has 0 bridgehead atoms. The first-order valence-corrected chi connectivity index (χ1v) is 9.66. The van der Waals surface area contributed by atoms with Crippen LogP contribution < -0.4 is 0 Å². The van der Waals surface area contributed by atoms with Crippen molar-refractivity contribution in [3.05, 3.63) is 77.9 Å². The van der Waals surface area contributed by atoms with Crippen LogP contribution in [0.3, 0.4) is 0 Å². The predicted molar refractivity (Wildman–Crippen MR) is 113 cm³/mol. The largest absolute Gasteiger partial charge is 0.352 e. The summed E-state index contributed by atoms with van der Waals surface area (Å²) in [7, 11) is 0. The van der Waals surface area contributed by atoms with Crippen LogP contribution >= 0.6 is 0 Å². The van der Waals surface area contributed by atoms with Crippen molar-refractivity contribution < 1.29 is 4.79 Å². The summed E-state index contributed by atoms with van der Waals surface area (Å²) in [5, 5.41) is 8.19. The third-order valence-electron chi connectivity index (χ3n) is 4.82. The molecule has 6 nitrogen and oxygen atoms in total. The minimum Gasteiger partial charge on any atom is -0.352 e. The highest BCUT2D eigenvalue weighted by Crippen LogP contribution is 2.21. The van der Waals surface area contributed by atoms with Gasteiger partial charge in [0.15, 0.2) is 11.6 Å². The first-order chi connectivity index (χ1) is 14.0. The third kappa shape index (κ3) is 4.01. The summed E-state index contributed by atoms with van der Waals surface area (Å²) in [4.78, 5) is 20.7. The standard InChI is InChI=1S/C23H23N5O/c1-15(2)28-14-24-27-23(28)21-9-5-8-18(25-21)13-22(29)20-11-10-19(26-20)17-7-4-6-16(3)12-17/h4-12,14-15,26H,13H2,1-3H3. The Morgan fingerprint density at radius 1 is 1.10 bits per heavy atom. The minimum absolute atomic E-state index is 0.00104. The smallest absolute Gasteiger partial charge is 0.184 e. The molecule has 4 aromatic rings. The van der Waals surface area contributed by atoms with Gasteiger partial charge in [0.25, 0.3) is 0 Å². The number of aromatic amines is 1. The number of hydrogen-bond acceptors (Lipinski definition) is 4. The fourth-order valence-electron chi connectivity index (χ4n) is 3.30. The van der Waals surface area contributed by atoms with Crippen molar-refractivity contribution in [2.75, 3.05) is 0 Å². The number of aromatic nitrogens is 5. The molecule has 0 atom stereocenters. The lowest BCUT2D eigenvalue weighted by Crippen LogP contribution is -2.07. The van der Waals surface area contributed by atoms with Crippen LogP contribution in [0.25, 0.3) is 22.8 Å². The second-order valence-electron chi connectivity index (χ2n) is 7.42. The van der Waals surface area contributed by atoms with Gasteiger partial charge in [0.2, 0.25) is 0 Å². The molecule has 1 aromatic carbocycles. The Hall–Kier alpha value is -3.54. The third-order valence-corrected chi connectivity index (χ3v) is 4.82. The van der Waals surface area contributed by atoms with Gasteiger partial charge in [-0.15, -0.1) is 10.2 Å². The van der Waals surface area contributed by atoms with Crippen LogP contribution in [-0.4, -0.2) is 30.5 Å². The van der Waals surface area contributed by atoms with E-state index in [1.54, 1.807) is 6.33 Å². The maximum Gasteiger partial charge on any atom is 0.184 e. The van der Waals surface area contributed by atoms with Gasteiger partial charge in [0.05, 0.1) is 12.1 Å². The predicted octanol–water partition coefficient (Wildman–Crippen LogP) is 4.65. The molecule has 29 heavy (non-hydrogen) atoms. The van der Waals surface area contributed by atoms with E-state index in [0.29, 0.717) is 22.9 Å². The van der Waals surface area contributed by atoms with Gasteiger partial charge < -0.3 is 9.55 Å². The molecule has 0 radical (unpaired) electrons. The Balaban J connectivity index is 1.54. The molecule has 0 aliphatic heterocycles. The number of carbonyl (C=O) groups is 1. The van der Waals surface area contributed by atoms with E-state index in [0.717, 1.165) is 11.3 Å². The zero-order valence-electron chi connectivity index (χ0n) is 16.8. The monoisotopic (exact) mass is 385 g/mol. The van der Waals surface area contributed by atoms with Gasteiger partial charge in [-0.1, -0.05) is 29.8 Å². The topological polar surface area (TPSA) is 76.5 Å². The fraction of sp³-hybridized carbons (Fsp3) is 0.217. The summed E-state index contributed by atoms with van der Waals surface area (Å²) in [5.74, 6) is 0.704. The highest BCUT2D eigenvalue weighted by molar-refractivity contribution is 5.96. The molecule has 3 heterocycles. The van der Waals surface area contributed by atoms with Gasteiger partial charge in [-0.3, -0.25) is 4.79 Å². The first kappa shape index (κ1) is 18.8. The number of H-pyrrole nitrogens is 1. The van der Waals surface area contributed by atoms with Gasteiger partial charge in [0.1, 0.15) is 12.0 Å². The average molecular weight is 385 g/mol. The number of benzene rings is 1. The Bertz CT molecular complexity index is 1160. The lowest BCUT2D eigenvalue weighted by molar-refractivity contribution is 0.0988. The molecule has 4 rings (SSSR count). The van der Waals surface area contributed by atoms with E-state index in [-0.39, 0.29) is 18.2 Å². The van der Waals surface area contributed by atoms with Crippen LogP contribution in [0.2, 0.25) is 0 Å². The van der Waals surface area contributed by atoms with Crippen LogP contribution in [0.15, 0.2) is 60.9 Å². The lowest BCUT2D eigenvalue weighted by Gasteiger charge is -2.10. The minimum atomic E-state index is -0.00104. The Morgan fingerprint density at radius 3 is 2.72 bits per heavy atom. The Kier molecular flexibility index (Phi) is 5.08. The molecule has 0 unspecified atom stereocenters. The number of hydrogen-bond donors (Lipinski definition) is 1. The molecule has 0 fully saturated rings. The van der Waals surface area contributed by atoms with E-state index in [4.69, 9.17) is 0 Å². The van der Waals surface area contributed by atoms with Gasteiger partial charge >= 0.3 is 0 Å². The van der Waals surface area contributed by atoms with Gasteiger partial charge in [-0.05, 0) is 56.7 Å². The molecular weight excluding hydrogens is 362 g/mol. The van der Waals surface area contributed by atoms with E-state index in [2.05, 4.69) is 53.1 Å². The van der Waals surface area contributed by atoms with Crippen LogP contribution in [0.1, 0.15) is 41.6 Å². The van der Waals surface area contributed by atoms with Crippen molar-refractivity contribution in [3.63, 3.8) is 0 Å². The Morgan fingerprint density at radius 2 is 1.93 bits per heavy atom. The number of carbonyl (C=O) groups excluding carboxylic acids is 1. The fourth-order valence-corrected chi connectivity index (χ4v) is 3.30. The summed E-state index contributed by atoms with van der Waals surface area (Å²) in [5.41, 5.74) is 5.19. The Labute approximate surface area is 169 Å². The van der Waals surface area contributed by atoms with Gasteiger partial charge in [-0.2, -0.15) is 0 Å². The second kappa shape index (κ2) is 7.83. The zero-order chi connectivity index (χ0) is 20.4. The zero-order valence-corrected chi connectivity index (χ0v) is 16.8. The maximum absolute atomic E-state index is 12.8. The quantitative estimate of drug-likeness (QED) is 0.490. The van der Waals surface area contributed by atoms with Gasteiger partial charge in [0, 0.05) is 17.4 Å². The molecule has 0 aliphatic carbocycles. The highest BCUT2D eigenvalue weighted by Gasteiger charge is 2.15. The molecule has 0 aliphatic rings. The molecule has 0 saturated carbocycles. The second-order valence-corrected chi connectivity index (χ2v) is 7.42. The van der Waals surface area contributed by atoms with E-state index in [9.17, 15) is 4.79 Å². The van der Waals surface area contributed by atoms with E-state index in [1.807, 2.05) is 47.0 Å². The van der Waals surface area contributed by atoms with E-state index < -0.39 is 0 Å². The van der Waals surface area contributed by atoms with Crippen LogP contribution in [0.5, 0.6) is 0 Å². The summed E-state index contributed by atoms with van der Waals surface area (Å²) in [6.45, 7) is 6.19. The summed E-state index contributed by atoms with van der Waals surface area (Å²) in [6.07, 6.45) is 1.92. The normalized spacial score (nSPS) is 11.2. The number of pyridine rings is 1. The number of ketones is 1. The van der Waals surface area contributed by atoms with Crippen molar-refractivity contribution >= 4 is 5.78 Å². The van der Waals surface area contributed by atoms with Crippen molar-refractivity contribution in [1.29, 1.82) is 0 Å². The van der Waals surface area contributed by atoms with Crippen molar-refractivity contribution in [2.45, 2.75) is 33.2 Å². The van der Waals surface area contributed by atoms with Crippen LogP contribution in [-0.2, 0) is 6.42 Å². The highest BCUT2D eigenvalue weighted by atomic mass is 16.1. The average Bonchev–Trinajstić information content (AvgIpc) is 3.38.